The second-order valence-electron chi connectivity index (χ2n) is 10.7. The van der Waals surface area contributed by atoms with E-state index in [9.17, 15) is 13.2 Å². The summed E-state index contributed by atoms with van der Waals surface area (Å²) >= 11 is 0. The van der Waals surface area contributed by atoms with Crippen molar-refractivity contribution in [3.63, 3.8) is 0 Å². The molecule has 1 saturated heterocycles. The van der Waals surface area contributed by atoms with Crippen LogP contribution in [0.15, 0.2) is 35.9 Å². The van der Waals surface area contributed by atoms with Gasteiger partial charge in [0.2, 0.25) is 0 Å². The number of sulfone groups is 1. The number of rotatable bonds is 8. The molecule has 3 rings (SSSR count). The molecule has 6 nitrogen and oxygen atoms in total. The number of hydrogen-bond donors (Lipinski definition) is 0. The van der Waals surface area contributed by atoms with Crippen LogP contribution < -0.4 is 0 Å². The first-order valence-electron chi connectivity index (χ1n) is 12.1. The summed E-state index contributed by atoms with van der Waals surface area (Å²) in [4.78, 5) is 17.6. The van der Waals surface area contributed by atoms with Gasteiger partial charge in [0.1, 0.15) is 15.4 Å². The molecule has 33 heavy (non-hydrogen) atoms. The van der Waals surface area contributed by atoms with Gasteiger partial charge in [-0.15, -0.1) is 0 Å². The van der Waals surface area contributed by atoms with Crippen molar-refractivity contribution in [2.45, 2.75) is 71.1 Å². The molecular weight excluding hydrogens is 436 g/mol. The Labute approximate surface area is 199 Å². The van der Waals surface area contributed by atoms with E-state index in [4.69, 9.17) is 4.74 Å². The van der Waals surface area contributed by atoms with Crippen LogP contribution in [-0.4, -0.2) is 73.6 Å². The number of benzene rings is 1. The molecule has 0 aromatic heterocycles. The van der Waals surface area contributed by atoms with Crippen LogP contribution in [0, 0.1) is 5.92 Å². The normalized spacial score (nSPS) is 22.8. The van der Waals surface area contributed by atoms with E-state index >= 15 is 0 Å². The number of carbonyl (C=O) groups excluding carboxylic acids is 1. The molecule has 184 valence electrons. The topological polar surface area (TPSA) is 66.9 Å². The van der Waals surface area contributed by atoms with E-state index in [1.54, 1.807) is 0 Å². The van der Waals surface area contributed by atoms with Gasteiger partial charge in [0, 0.05) is 37.3 Å². The Kier molecular flexibility index (Phi) is 8.27. The van der Waals surface area contributed by atoms with Gasteiger partial charge in [-0.1, -0.05) is 42.0 Å². The van der Waals surface area contributed by atoms with Crippen molar-refractivity contribution in [3.8, 4) is 0 Å². The summed E-state index contributed by atoms with van der Waals surface area (Å²) in [6.45, 7) is 10.5. The first kappa shape index (κ1) is 25.8. The molecule has 1 aromatic carbocycles. The minimum absolute atomic E-state index is 0.158. The van der Waals surface area contributed by atoms with Crippen molar-refractivity contribution in [2.75, 3.05) is 31.6 Å². The van der Waals surface area contributed by atoms with Crippen LogP contribution in [0.2, 0.25) is 0 Å². The highest BCUT2D eigenvalue weighted by molar-refractivity contribution is 7.90. The van der Waals surface area contributed by atoms with Crippen LogP contribution in [0.25, 0.3) is 6.08 Å². The maximum atomic E-state index is 13.2. The van der Waals surface area contributed by atoms with E-state index in [0.29, 0.717) is 12.3 Å². The predicted octanol–water partition coefficient (Wildman–Crippen LogP) is 4.61. The van der Waals surface area contributed by atoms with Crippen LogP contribution in [-0.2, 0) is 14.6 Å². The van der Waals surface area contributed by atoms with Gasteiger partial charge in [-0.05, 0) is 65.5 Å². The Morgan fingerprint density at radius 3 is 2.39 bits per heavy atom. The standard InChI is InChI=1S/C26H40N2O4S/c1-20(18-21-10-7-6-8-11-21)23-19-24(23)28(25(29)32-26(2,3)4)22-12-15-27(16-13-22)14-9-17-33(5,30)31/h6-8,10-11,18,22-24H,9,12-17,19H2,1-5H3/b20-18+/t23-,24+/m0/s1. The fraction of sp³-hybridized carbons (Fsp3) is 0.654. The van der Waals surface area contributed by atoms with Crippen molar-refractivity contribution in [2.24, 2.45) is 5.92 Å². The average molecular weight is 477 g/mol. The molecule has 1 aliphatic carbocycles. The molecule has 2 atom stereocenters. The quantitative estimate of drug-likeness (QED) is 0.548. The first-order chi connectivity index (χ1) is 15.4. The fourth-order valence-electron chi connectivity index (χ4n) is 4.74. The minimum Gasteiger partial charge on any atom is -0.444 e. The second kappa shape index (κ2) is 10.6. The molecule has 0 unspecified atom stereocenters. The van der Waals surface area contributed by atoms with Gasteiger partial charge in [0.15, 0.2) is 0 Å². The highest BCUT2D eigenvalue weighted by Gasteiger charge is 2.48. The van der Waals surface area contributed by atoms with Gasteiger partial charge in [0.25, 0.3) is 0 Å². The van der Waals surface area contributed by atoms with Crippen LogP contribution in [0.5, 0.6) is 0 Å². The number of carbonyl (C=O) groups is 1. The summed E-state index contributed by atoms with van der Waals surface area (Å²) in [6.07, 6.45) is 6.72. The Morgan fingerprint density at radius 2 is 1.82 bits per heavy atom. The van der Waals surface area contributed by atoms with Crippen molar-refractivity contribution < 1.29 is 17.9 Å². The van der Waals surface area contributed by atoms with Gasteiger partial charge in [-0.25, -0.2) is 13.2 Å². The lowest BCUT2D eigenvalue weighted by Gasteiger charge is -2.39. The van der Waals surface area contributed by atoms with Crippen LogP contribution in [0.4, 0.5) is 4.79 Å². The largest absolute Gasteiger partial charge is 0.444 e. The summed E-state index contributed by atoms with van der Waals surface area (Å²) in [6, 6.07) is 10.6. The van der Waals surface area contributed by atoms with E-state index < -0.39 is 15.4 Å². The number of nitrogens with zero attached hydrogens (tertiary/aromatic N) is 2. The SMILES string of the molecule is C/C(=C\c1ccccc1)[C@@H]1C[C@H]1N(C(=O)OC(C)(C)C)C1CCN(CCCS(C)(=O)=O)CC1. The Bertz CT molecular complexity index is 929. The highest BCUT2D eigenvalue weighted by atomic mass is 32.2. The van der Waals surface area contributed by atoms with Crippen molar-refractivity contribution in [1.82, 2.24) is 9.80 Å². The van der Waals surface area contributed by atoms with Gasteiger partial charge in [-0.2, -0.15) is 0 Å². The molecule has 2 aliphatic rings. The van der Waals surface area contributed by atoms with Crippen LogP contribution in [0.3, 0.4) is 0 Å². The summed E-state index contributed by atoms with van der Waals surface area (Å²) < 4.78 is 28.6. The van der Waals surface area contributed by atoms with E-state index in [2.05, 4.69) is 30.0 Å². The smallest absolute Gasteiger partial charge is 0.410 e. The molecule has 0 spiro atoms. The van der Waals surface area contributed by atoms with Gasteiger partial charge in [0.05, 0.1) is 5.75 Å². The molecule has 1 aromatic rings. The van der Waals surface area contributed by atoms with Crippen molar-refractivity contribution >= 4 is 22.0 Å². The Balaban J connectivity index is 1.64. The van der Waals surface area contributed by atoms with Gasteiger partial charge < -0.3 is 14.5 Å². The van der Waals surface area contributed by atoms with E-state index in [1.165, 1.54) is 17.4 Å². The lowest BCUT2D eigenvalue weighted by Crippen LogP contribution is -2.50. The number of piperidine rings is 1. The zero-order valence-electron chi connectivity index (χ0n) is 20.8. The number of amides is 1. The third kappa shape index (κ3) is 8.14. The third-order valence-electron chi connectivity index (χ3n) is 6.44. The predicted molar refractivity (Wildman–Crippen MR) is 134 cm³/mol. The molecule has 0 N–H and O–H groups in total. The molecule has 1 heterocycles. The number of hydrogen-bond acceptors (Lipinski definition) is 5. The molecule has 7 heteroatoms. The molecule has 1 saturated carbocycles. The number of likely N-dealkylation sites (tertiary alicyclic amines) is 1. The third-order valence-corrected chi connectivity index (χ3v) is 7.47. The molecule has 1 amide bonds. The van der Waals surface area contributed by atoms with Gasteiger partial charge >= 0.3 is 6.09 Å². The Morgan fingerprint density at radius 1 is 1.18 bits per heavy atom. The molecular formula is C26H40N2O4S. The first-order valence-corrected chi connectivity index (χ1v) is 14.1. The number of ether oxygens (including phenoxy) is 1. The molecule has 2 fully saturated rings. The van der Waals surface area contributed by atoms with E-state index in [1.807, 2.05) is 43.9 Å². The summed E-state index contributed by atoms with van der Waals surface area (Å²) in [5, 5.41) is 0. The van der Waals surface area contributed by atoms with Crippen molar-refractivity contribution in [1.29, 1.82) is 0 Å². The zero-order valence-corrected chi connectivity index (χ0v) is 21.6. The minimum atomic E-state index is -2.92. The monoisotopic (exact) mass is 476 g/mol. The zero-order chi connectivity index (χ0) is 24.2. The fourth-order valence-corrected chi connectivity index (χ4v) is 5.39. The van der Waals surface area contributed by atoms with Crippen LogP contribution >= 0.6 is 0 Å². The highest BCUT2D eigenvalue weighted by Crippen LogP contribution is 2.44. The average Bonchev–Trinajstić information content (AvgIpc) is 3.48. The second-order valence-corrected chi connectivity index (χ2v) is 12.9. The maximum absolute atomic E-state index is 13.2. The maximum Gasteiger partial charge on any atom is 0.410 e. The summed E-state index contributed by atoms with van der Waals surface area (Å²) in [5.41, 5.74) is 1.96. The summed E-state index contributed by atoms with van der Waals surface area (Å²) in [7, 11) is -2.92. The van der Waals surface area contributed by atoms with Crippen LogP contribution in [0.1, 0.15) is 58.9 Å². The lowest BCUT2D eigenvalue weighted by molar-refractivity contribution is 0.00488. The Hall–Kier alpha value is -1.86. The summed E-state index contributed by atoms with van der Waals surface area (Å²) in [5.74, 6) is 0.596. The van der Waals surface area contributed by atoms with E-state index in [-0.39, 0.29) is 23.9 Å². The van der Waals surface area contributed by atoms with Gasteiger partial charge in [-0.3, -0.25) is 0 Å². The van der Waals surface area contributed by atoms with Crippen molar-refractivity contribution in [3.05, 3.63) is 41.5 Å². The van der Waals surface area contributed by atoms with E-state index in [0.717, 1.165) is 38.9 Å². The lowest BCUT2D eigenvalue weighted by atomic mass is 10.0. The molecule has 0 radical (unpaired) electrons. The molecule has 0 bridgehead atoms. The molecule has 1 aliphatic heterocycles.